The second-order valence-electron chi connectivity index (χ2n) is 7.58. The van der Waals surface area contributed by atoms with E-state index in [4.69, 9.17) is 4.74 Å². The van der Waals surface area contributed by atoms with Crippen LogP contribution < -0.4 is 15.4 Å². The summed E-state index contributed by atoms with van der Waals surface area (Å²) in [6.45, 7) is 5.64. The van der Waals surface area contributed by atoms with E-state index in [0.29, 0.717) is 24.2 Å². The number of carbonyl (C=O) groups is 2. The number of rotatable bonds is 8. The second-order valence-corrected chi connectivity index (χ2v) is 7.58. The van der Waals surface area contributed by atoms with Gasteiger partial charge in [0.25, 0.3) is 5.91 Å². The minimum atomic E-state index is -0.642. The molecule has 1 atom stereocenters. The number of hydrogen-bond donors (Lipinski definition) is 2. The Balaban J connectivity index is 1.50. The van der Waals surface area contributed by atoms with Crippen LogP contribution in [0, 0.1) is 13.8 Å². The molecule has 0 aromatic heterocycles. The van der Waals surface area contributed by atoms with E-state index >= 15 is 0 Å². The summed E-state index contributed by atoms with van der Waals surface area (Å²) in [6, 6.07) is 22.9. The quantitative estimate of drug-likeness (QED) is 0.525. The van der Waals surface area contributed by atoms with Crippen molar-refractivity contribution in [2.75, 3.05) is 10.6 Å². The molecule has 0 spiro atoms. The standard InChI is InChI=1S/C26H28N2O3/c1-18-8-7-9-19(2)25(18)31-20(3)26(30)28-23-15-13-22(14-16-23)27-24(29)17-12-21-10-5-4-6-11-21/h4-11,13-16,20H,12,17H2,1-3H3,(H,27,29)(H,28,30)/t20-/m1/s1. The number of aryl methyl sites for hydroxylation is 3. The molecule has 2 amide bonds. The fourth-order valence-corrected chi connectivity index (χ4v) is 3.22. The predicted molar refractivity (Wildman–Crippen MR) is 124 cm³/mol. The maximum Gasteiger partial charge on any atom is 0.265 e. The Kier molecular flexibility index (Phi) is 7.44. The van der Waals surface area contributed by atoms with Gasteiger partial charge in [-0.3, -0.25) is 9.59 Å². The molecule has 160 valence electrons. The van der Waals surface area contributed by atoms with Crippen molar-refractivity contribution in [3.05, 3.63) is 89.5 Å². The molecule has 0 radical (unpaired) electrons. The van der Waals surface area contributed by atoms with E-state index in [-0.39, 0.29) is 11.8 Å². The van der Waals surface area contributed by atoms with Crippen LogP contribution >= 0.6 is 0 Å². The van der Waals surface area contributed by atoms with Gasteiger partial charge >= 0.3 is 0 Å². The van der Waals surface area contributed by atoms with Gasteiger partial charge in [-0.25, -0.2) is 0 Å². The third-order valence-electron chi connectivity index (χ3n) is 4.99. The molecule has 0 aliphatic rings. The Labute approximate surface area is 183 Å². The van der Waals surface area contributed by atoms with Gasteiger partial charge < -0.3 is 15.4 Å². The summed E-state index contributed by atoms with van der Waals surface area (Å²) >= 11 is 0. The van der Waals surface area contributed by atoms with Gasteiger partial charge in [0.05, 0.1) is 0 Å². The van der Waals surface area contributed by atoms with Crippen molar-refractivity contribution >= 4 is 23.2 Å². The second kappa shape index (κ2) is 10.4. The average Bonchev–Trinajstić information content (AvgIpc) is 2.77. The zero-order chi connectivity index (χ0) is 22.2. The van der Waals surface area contributed by atoms with Gasteiger partial charge in [-0.15, -0.1) is 0 Å². The lowest BCUT2D eigenvalue weighted by Crippen LogP contribution is -2.30. The largest absolute Gasteiger partial charge is 0.480 e. The van der Waals surface area contributed by atoms with Crippen molar-refractivity contribution in [2.24, 2.45) is 0 Å². The van der Waals surface area contributed by atoms with Crippen molar-refractivity contribution in [3.8, 4) is 5.75 Å². The van der Waals surface area contributed by atoms with Gasteiger partial charge in [0.2, 0.25) is 5.91 Å². The Morgan fingerprint density at radius 3 is 2.00 bits per heavy atom. The van der Waals surface area contributed by atoms with Crippen molar-refractivity contribution in [1.29, 1.82) is 0 Å². The minimum Gasteiger partial charge on any atom is -0.480 e. The molecule has 0 unspecified atom stereocenters. The third-order valence-corrected chi connectivity index (χ3v) is 4.99. The van der Waals surface area contributed by atoms with E-state index in [2.05, 4.69) is 10.6 Å². The predicted octanol–water partition coefficient (Wildman–Crippen LogP) is 5.28. The normalized spacial score (nSPS) is 11.5. The average molecular weight is 417 g/mol. The van der Waals surface area contributed by atoms with E-state index in [1.165, 1.54) is 0 Å². The summed E-state index contributed by atoms with van der Waals surface area (Å²) in [6.07, 6.45) is 0.464. The van der Waals surface area contributed by atoms with Crippen LogP contribution in [0.5, 0.6) is 5.75 Å². The number of amides is 2. The summed E-state index contributed by atoms with van der Waals surface area (Å²) in [4.78, 5) is 24.7. The highest BCUT2D eigenvalue weighted by atomic mass is 16.5. The molecule has 5 nitrogen and oxygen atoms in total. The number of anilines is 2. The first-order chi connectivity index (χ1) is 14.9. The van der Waals surface area contributed by atoms with Crippen LogP contribution in [0.4, 0.5) is 11.4 Å². The van der Waals surface area contributed by atoms with Gasteiger partial charge in [-0.1, -0.05) is 48.5 Å². The lowest BCUT2D eigenvalue weighted by atomic mass is 10.1. The summed E-state index contributed by atoms with van der Waals surface area (Å²) in [5, 5.41) is 5.74. The van der Waals surface area contributed by atoms with Crippen molar-refractivity contribution in [1.82, 2.24) is 0 Å². The maximum atomic E-state index is 12.5. The number of benzene rings is 3. The molecule has 0 saturated heterocycles. The summed E-state index contributed by atoms with van der Waals surface area (Å²) in [7, 11) is 0. The molecule has 0 aliphatic carbocycles. The molecule has 0 aliphatic heterocycles. The first-order valence-corrected chi connectivity index (χ1v) is 10.4. The Hall–Kier alpha value is -3.60. The summed E-state index contributed by atoms with van der Waals surface area (Å²) in [5.74, 6) is 0.456. The number of ether oxygens (including phenoxy) is 1. The van der Waals surface area contributed by atoms with E-state index < -0.39 is 6.10 Å². The topological polar surface area (TPSA) is 67.4 Å². The summed E-state index contributed by atoms with van der Waals surface area (Å²) in [5.41, 5.74) is 4.45. The molecule has 0 bridgehead atoms. The number of carbonyl (C=O) groups excluding carboxylic acids is 2. The summed E-state index contributed by atoms with van der Waals surface area (Å²) < 4.78 is 5.88. The number of nitrogens with one attached hydrogen (secondary N) is 2. The highest BCUT2D eigenvalue weighted by Gasteiger charge is 2.17. The molecule has 3 aromatic rings. The van der Waals surface area contributed by atoms with E-state index in [9.17, 15) is 9.59 Å². The van der Waals surface area contributed by atoms with Gasteiger partial charge in [0.1, 0.15) is 5.75 Å². The highest BCUT2D eigenvalue weighted by Crippen LogP contribution is 2.24. The molecule has 5 heteroatoms. The zero-order valence-corrected chi connectivity index (χ0v) is 18.1. The molecule has 0 fully saturated rings. The van der Waals surface area contributed by atoms with Crippen LogP contribution in [0.3, 0.4) is 0 Å². The molecule has 3 aromatic carbocycles. The molecular formula is C26H28N2O3. The molecule has 3 rings (SSSR count). The smallest absolute Gasteiger partial charge is 0.265 e. The van der Waals surface area contributed by atoms with Crippen LogP contribution in [0.15, 0.2) is 72.8 Å². The third kappa shape index (κ3) is 6.44. The highest BCUT2D eigenvalue weighted by molar-refractivity contribution is 5.95. The van der Waals surface area contributed by atoms with E-state index in [0.717, 1.165) is 22.4 Å². The molecule has 0 saturated carbocycles. The van der Waals surface area contributed by atoms with Crippen molar-refractivity contribution in [3.63, 3.8) is 0 Å². The van der Waals surface area contributed by atoms with Crippen molar-refractivity contribution in [2.45, 2.75) is 39.7 Å². The molecule has 31 heavy (non-hydrogen) atoms. The first-order valence-electron chi connectivity index (χ1n) is 10.4. The fraction of sp³-hybridized carbons (Fsp3) is 0.231. The van der Waals surface area contributed by atoms with Gasteiger partial charge in [0.15, 0.2) is 6.10 Å². The lowest BCUT2D eigenvalue weighted by Gasteiger charge is -2.18. The van der Waals surface area contributed by atoms with Crippen LogP contribution in [0.2, 0.25) is 0 Å². The van der Waals surface area contributed by atoms with Gasteiger partial charge in [0, 0.05) is 17.8 Å². The molecular weight excluding hydrogens is 388 g/mol. The van der Waals surface area contributed by atoms with Crippen molar-refractivity contribution < 1.29 is 14.3 Å². The van der Waals surface area contributed by atoms with Crippen LogP contribution in [0.25, 0.3) is 0 Å². The van der Waals surface area contributed by atoms with Gasteiger partial charge in [-0.2, -0.15) is 0 Å². The van der Waals surface area contributed by atoms with Gasteiger partial charge in [-0.05, 0) is 68.1 Å². The molecule has 2 N–H and O–H groups in total. The first kappa shape index (κ1) is 22.1. The SMILES string of the molecule is Cc1cccc(C)c1O[C@H](C)C(=O)Nc1ccc(NC(=O)CCc2ccccc2)cc1. The fourth-order valence-electron chi connectivity index (χ4n) is 3.22. The van der Waals surface area contributed by atoms with Crippen LogP contribution in [-0.4, -0.2) is 17.9 Å². The monoisotopic (exact) mass is 416 g/mol. The zero-order valence-electron chi connectivity index (χ0n) is 18.1. The minimum absolute atomic E-state index is 0.0451. The van der Waals surface area contributed by atoms with Crippen LogP contribution in [-0.2, 0) is 16.0 Å². The molecule has 0 heterocycles. The van der Waals surface area contributed by atoms with E-state index in [1.54, 1.807) is 31.2 Å². The van der Waals surface area contributed by atoms with E-state index in [1.807, 2.05) is 62.4 Å². The maximum absolute atomic E-state index is 12.5. The Bertz CT molecular complexity index is 1010. The Morgan fingerprint density at radius 2 is 1.39 bits per heavy atom. The van der Waals surface area contributed by atoms with Crippen LogP contribution in [0.1, 0.15) is 30.0 Å². The number of hydrogen-bond acceptors (Lipinski definition) is 3. The lowest BCUT2D eigenvalue weighted by molar-refractivity contribution is -0.122. The Morgan fingerprint density at radius 1 is 0.806 bits per heavy atom. The number of para-hydroxylation sites is 1.